The van der Waals surface area contributed by atoms with Gasteiger partial charge in [-0.1, -0.05) is 15.9 Å². The molecular weight excluding hydrogens is 280 g/mol. The number of hydrogen-bond donors (Lipinski definition) is 2. The van der Waals surface area contributed by atoms with Crippen molar-refractivity contribution in [1.29, 1.82) is 0 Å². The maximum Gasteiger partial charge on any atom is 0.251 e. The van der Waals surface area contributed by atoms with E-state index in [0.29, 0.717) is 12.1 Å². The third-order valence-electron chi connectivity index (χ3n) is 3.25. The molecule has 0 bridgehead atoms. The van der Waals surface area contributed by atoms with Crippen LogP contribution >= 0.6 is 15.9 Å². The molecule has 92 valence electrons. The quantitative estimate of drug-likeness (QED) is 0.900. The number of hydrogen-bond acceptors (Lipinski definition) is 2. The van der Waals surface area contributed by atoms with E-state index in [1.165, 1.54) is 6.42 Å². The van der Waals surface area contributed by atoms with Gasteiger partial charge in [0.1, 0.15) is 0 Å². The summed E-state index contributed by atoms with van der Waals surface area (Å²) in [7, 11) is 0. The lowest BCUT2D eigenvalue weighted by molar-refractivity contribution is 0.0929. The van der Waals surface area contributed by atoms with Gasteiger partial charge in [-0.25, -0.2) is 0 Å². The number of carbonyl (C=O) groups excluding carboxylic acids is 1. The molecule has 1 fully saturated rings. The van der Waals surface area contributed by atoms with E-state index in [1.54, 1.807) is 0 Å². The van der Waals surface area contributed by atoms with E-state index in [9.17, 15) is 4.79 Å². The predicted octanol–water partition coefficient (Wildman–Crippen LogP) is 2.37. The number of nitrogens with two attached hydrogens (primary N) is 1. The molecule has 1 aromatic carbocycles. The highest BCUT2D eigenvalue weighted by Crippen LogP contribution is 2.28. The molecule has 0 aromatic heterocycles. The Balaban J connectivity index is 1.99. The van der Waals surface area contributed by atoms with Gasteiger partial charge in [0, 0.05) is 22.1 Å². The molecule has 17 heavy (non-hydrogen) atoms. The van der Waals surface area contributed by atoms with Crippen LogP contribution in [0.1, 0.15) is 35.2 Å². The maximum absolute atomic E-state index is 11.9. The van der Waals surface area contributed by atoms with Crippen molar-refractivity contribution in [2.24, 2.45) is 5.73 Å². The first kappa shape index (κ1) is 12.6. The summed E-state index contributed by atoms with van der Waals surface area (Å²) in [5.41, 5.74) is 7.64. The maximum atomic E-state index is 11.9. The van der Waals surface area contributed by atoms with Gasteiger partial charge in [-0.3, -0.25) is 4.79 Å². The van der Waals surface area contributed by atoms with Crippen LogP contribution in [-0.4, -0.2) is 18.0 Å². The van der Waals surface area contributed by atoms with Crippen LogP contribution in [0.25, 0.3) is 0 Å². The fourth-order valence-electron chi connectivity index (χ4n) is 2.03. The number of halogens is 1. The van der Waals surface area contributed by atoms with E-state index in [1.807, 2.05) is 25.1 Å². The number of amides is 1. The molecule has 0 radical (unpaired) electrons. The van der Waals surface area contributed by atoms with Gasteiger partial charge in [-0.2, -0.15) is 0 Å². The highest BCUT2D eigenvalue weighted by Gasteiger charge is 2.32. The van der Waals surface area contributed by atoms with Crippen LogP contribution < -0.4 is 11.1 Å². The Morgan fingerprint density at radius 3 is 2.71 bits per heavy atom. The van der Waals surface area contributed by atoms with Gasteiger partial charge in [0.15, 0.2) is 0 Å². The lowest BCUT2D eigenvalue weighted by Gasteiger charge is -2.38. The van der Waals surface area contributed by atoms with Crippen LogP contribution in [0.4, 0.5) is 0 Å². The van der Waals surface area contributed by atoms with Crippen molar-refractivity contribution in [3.05, 3.63) is 33.8 Å². The topological polar surface area (TPSA) is 55.1 Å². The number of carbonyl (C=O) groups is 1. The van der Waals surface area contributed by atoms with E-state index >= 15 is 0 Å². The molecule has 3 nitrogen and oxygen atoms in total. The summed E-state index contributed by atoms with van der Waals surface area (Å²) in [6.07, 6.45) is 3.18. The van der Waals surface area contributed by atoms with Gasteiger partial charge < -0.3 is 11.1 Å². The molecule has 0 spiro atoms. The number of rotatable bonds is 3. The molecule has 3 N–H and O–H groups in total. The lowest BCUT2D eigenvalue weighted by Crippen LogP contribution is -2.54. The second kappa shape index (κ2) is 4.78. The van der Waals surface area contributed by atoms with Gasteiger partial charge in [0.05, 0.1) is 0 Å². The minimum atomic E-state index is -0.170. The molecule has 1 aromatic rings. The van der Waals surface area contributed by atoms with Gasteiger partial charge in [-0.05, 0) is 49.9 Å². The van der Waals surface area contributed by atoms with E-state index in [4.69, 9.17) is 5.73 Å². The Morgan fingerprint density at radius 2 is 2.18 bits per heavy atom. The average Bonchev–Trinajstić information content (AvgIpc) is 2.22. The zero-order valence-corrected chi connectivity index (χ0v) is 11.5. The Labute approximate surface area is 110 Å². The van der Waals surface area contributed by atoms with Crippen molar-refractivity contribution in [3.63, 3.8) is 0 Å². The van der Waals surface area contributed by atoms with Crippen molar-refractivity contribution in [3.8, 4) is 0 Å². The minimum absolute atomic E-state index is 0.0499. The summed E-state index contributed by atoms with van der Waals surface area (Å²) in [5, 5.41) is 2.91. The molecule has 0 atom stereocenters. The van der Waals surface area contributed by atoms with Crippen molar-refractivity contribution < 1.29 is 4.79 Å². The monoisotopic (exact) mass is 296 g/mol. The van der Waals surface area contributed by atoms with Crippen molar-refractivity contribution in [2.45, 2.75) is 31.7 Å². The van der Waals surface area contributed by atoms with Gasteiger partial charge in [0.2, 0.25) is 0 Å². The summed E-state index contributed by atoms with van der Waals surface area (Å²) in [5.74, 6) is -0.0499. The molecule has 1 amide bonds. The van der Waals surface area contributed by atoms with Gasteiger partial charge >= 0.3 is 0 Å². The summed E-state index contributed by atoms with van der Waals surface area (Å²) in [4.78, 5) is 11.9. The van der Waals surface area contributed by atoms with E-state index in [0.717, 1.165) is 22.9 Å². The number of benzene rings is 1. The Kier molecular flexibility index (Phi) is 3.54. The Bertz CT molecular complexity index is 421. The third-order valence-corrected chi connectivity index (χ3v) is 3.71. The molecule has 0 heterocycles. The van der Waals surface area contributed by atoms with Crippen molar-refractivity contribution >= 4 is 21.8 Å². The SMILES string of the molecule is Cc1cc(Br)cc(C(=O)NCC2(N)CCC2)c1. The molecule has 0 saturated heterocycles. The standard InChI is InChI=1S/C13H17BrN2O/c1-9-5-10(7-11(14)6-9)12(17)16-8-13(15)3-2-4-13/h5-7H,2-4,8,15H2,1H3,(H,16,17). The van der Waals surface area contributed by atoms with Gasteiger partial charge in [0.25, 0.3) is 5.91 Å². The van der Waals surface area contributed by atoms with E-state index in [-0.39, 0.29) is 11.4 Å². The molecule has 1 aliphatic rings. The summed E-state index contributed by atoms with van der Waals surface area (Å²) >= 11 is 3.39. The molecule has 2 rings (SSSR count). The normalized spacial score (nSPS) is 17.4. The van der Waals surface area contributed by atoms with E-state index in [2.05, 4.69) is 21.2 Å². The average molecular weight is 297 g/mol. The molecule has 0 unspecified atom stereocenters. The number of aryl methyl sites for hydroxylation is 1. The van der Waals surface area contributed by atoms with Crippen LogP contribution in [0.3, 0.4) is 0 Å². The molecular formula is C13H17BrN2O. The molecule has 4 heteroatoms. The summed E-state index contributed by atoms with van der Waals surface area (Å²) < 4.78 is 0.925. The van der Waals surface area contributed by atoms with Crippen LogP contribution in [-0.2, 0) is 0 Å². The first-order valence-electron chi connectivity index (χ1n) is 5.83. The number of nitrogens with one attached hydrogen (secondary N) is 1. The minimum Gasteiger partial charge on any atom is -0.350 e. The first-order chi connectivity index (χ1) is 7.98. The zero-order valence-electron chi connectivity index (χ0n) is 9.92. The van der Waals surface area contributed by atoms with Crippen LogP contribution in [0.5, 0.6) is 0 Å². The zero-order chi connectivity index (χ0) is 12.5. The summed E-state index contributed by atoms with van der Waals surface area (Å²) in [6.45, 7) is 2.54. The molecule has 0 aliphatic heterocycles. The first-order valence-corrected chi connectivity index (χ1v) is 6.62. The predicted molar refractivity (Wildman–Crippen MR) is 72.0 cm³/mol. The Morgan fingerprint density at radius 1 is 1.47 bits per heavy atom. The largest absolute Gasteiger partial charge is 0.350 e. The second-order valence-corrected chi connectivity index (χ2v) is 5.83. The fourth-order valence-corrected chi connectivity index (χ4v) is 2.64. The van der Waals surface area contributed by atoms with E-state index < -0.39 is 0 Å². The van der Waals surface area contributed by atoms with Crippen LogP contribution in [0.15, 0.2) is 22.7 Å². The lowest BCUT2D eigenvalue weighted by atomic mass is 9.78. The Hall–Kier alpha value is -0.870. The smallest absolute Gasteiger partial charge is 0.251 e. The molecule has 1 aliphatic carbocycles. The second-order valence-electron chi connectivity index (χ2n) is 4.92. The highest BCUT2D eigenvalue weighted by molar-refractivity contribution is 9.10. The highest BCUT2D eigenvalue weighted by atomic mass is 79.9. The van der Waals surface area contributed by atoms with Crippen molar-refractivity contribution in [2.75, 3.05) is 6.54 Å². The van der Waals surface area contributed by atoms with Gasteiger partial charge in [-0.15, -0.1) is 0 Å². The third kappa shape index (κ3) is 3.07. The fraction of sp³-hybridized carbons (Fsp3) is 0.462. The van der Waals surface area contributed by atoms with Crippen molar-refractivity contribution in [1.82, 2.24) is 5.32 Å². The van der Waals surface area contributed by atoms with Crippen LogP contribution in [0.2, 0.25) is 0 Å². The molecule has 1 saturated carbocycles. The van der Waals surface area contributed by atoms with Crippen LogP contribution in [0, 0.1) is 6.92 Å². The summed E-state index contributed by atoms with van der Waals surface area (Å²) in [6, 6.07) is 5.68.